The van der Waals surface area contributed by atoms with Gasteiger partial charge in [-0.2, -0.15) is 0 Å². The predicted molar refractivity (Wildman–Crippen MR) is 156 cm³/mol. The molecule has 0 spiro atoms. The number of rotatable bonds is 13. The van der Waals surface area contributed by atoms with Gasteiger partial charge in [0.1, 0.15) is 48.8 Å². The first-order chi connectivity index (χ1) is 21.4. The maximum atomic E-state index is 11.2. The third-order valence-corrected chi connectivity index (χ3v) is 7.71. The third kappa shape index (κ3) is 8.27. The lowest BCUT2D eigenvalue weighted by Gasteiger charge is -2.47. The summed E-state index contributed by atoms with van der Waals surface area (Å²) in [5.74, 6) is 0. The molecule has 11 heteroatoms. The molecule has 44 heavy (non-hydrogen) atoms. The van der Waals surface area contributed by atoms with Crippen molar-refractivity contribution < 1.29 is 54.0 Å². The van der Waals surface area contributed by atoms with Crippen LogP contribution < -0.4 is 0 Å². The molecular formula is C33H40O11. The molecule has 10 atom stereocenters. The highest BCUT2D eigenvalue weighted by Crippen LogP contribution is 2.32. The quantitative estimate of drug-likeness (QED) is 0.190. The summed E-state index contributed by atoms with van der Waals surface area (Å²) >= 11 is 0. The Hall–Kier alpha value is -2.78. The molecule has 11 nitrogen and oxygen atoms in total. The van der Waals surface area contributed by atoms with E-state index >= 15 is 0 Å². The van der Waals surface area contributed by atoms with Gasteiger partial charge in [-0.05, 0) is 16.7 Å². The lowest BCUT2D eigenvalue weighted by Crippen LogP contribution is -2.65. The van der Waals surface area contributed by atoms with Crippen LogP contribution in [0.2, 0.25) is 0 Å². The van der Waals surface area contributed by atoms with Gasteiger partial charge in [-0.3, -0.25) is 0 Å². The molecule has 2 saturated heterocycles. The van der Waals surface area contributed by atoms with Gasteiger partial charge >= 0.3 is 0 Å². The third-order valence-electron chi connectivity index (χ3n) is 7.71. The Morgan fingerprint density at radius 3 is 1.61 bits per heavy atom. The lowest BCUT2D eigenvalue weighted by atomic mass is 9.96. The molecule has 2 fully saturated rings. The Labute approximate surface area is 256 Å². The fraction of sp³-hybridized carbons (Fsp3) is 0.455. The van der Waals surface area contributed by atoms with E-state index in [1.807, 2.05) is 91.0 Å². The molecule has 3 aromatic rings. The van der Waals surface area contributed by atoms with Gasteiger partial charge in [-0.25, -0.2) is 0 Å². The summed E-state index contributed by atoms with van der Waals surface area (Å²) in [4.78, 5) is 0. The Kier molecular flexibility index (Phi) is 11.8. The molecule has 2 heterocycles. The van der Waals surface area contributed by atoms with Crippen LogP contribution in [-0.2, 0) is 48.2 Å². The average molecular weight is 613 g/mol. The van der Waals surface area contributed by atoms with E-state index in [4.69, 9.17) is 28.4 Å². The highest BCUT2D eigenvalue weighted by molar-refractivity contribution is 5.15. The van der Waals surface area contributed by atoms with Crippen molar-refractivity contribution in [3.05, 3.63) is 108 Å². The predicted octanol–water partition coefficient (Wildman–Crippen LogP) is 1.28. The second-order valence-electron chi connectivity index (χ2n) is 10.9. The molecule has 5 rings (SSSR count). The molecule has 0 bridgehead atoms. The number of ether oxygens (including phenoxy) is 6. The number of aliphatic hydroxyl groups is 5. The van der Waals surface area contributed by atoms with Gasteiger partial charge in [0.15, 0.2) is 12.6 Å². The second-order valence-corrected chi connectivity index (χ2v) is 10.9. The van der Waals surface area contributed by atoms with E-state index in [-0.39, 0.29) is 26.4 Å². The standard InChI is InChI=1S/C33H40O11/c34-16-24-26(35)27(36)28(37)33(43-24)44-29-25(20-39-17-21-10-4-1-5-11-21)42-32(38)31(41-19-23-14-8-3-9-15-23)30(29)40-18-22-12-6-2-7-13-22/h1-15,24-38H,16-20H2/t24-,25-,26+,27+,28-,29-,30+,31-,32-,33+/m1/s1. The first kappa shape index (κ1) is 32.6. The molecule has 0 amide bonds. The van der Waals surface area contributed by atoms with Gasteiger partial charge in [-0.1, -0.05) is 91.0 Å². The van der Waals surface area contributed by atoms with Crippen molar-refractivity contribution in [3.8, 4) is 0 Å². The SMILES string of the molecule is OC[C@H]1O[C@@H](O[C@H]2[C@H](OCc3ccccc3)[C@@H](OCc3ccccc3)[C@H](O)O[C@@H]2COCc2ccccc2)[C@H](O)[C@@H](O)[C@H]1O. The van der Waals surface area contributed by atoms with E-state index in [1.54, 1.807) is 0 Å². The number of aliphatic hydroxyl groups excluding tert-OH is 5. The van der Waals surface area contributed by atoms with Crippen molar-refractivity contribution in [1.29, 1.82) is 0 Å². The first-order valence-electron chi connectivity index (χ1n) is 14.7. The summed E-state index contributed by atoms with van der Waals surface area (Å²) in [6.45, 7) is -0.128. The normalized spacial score (nSPS) is 32.4. The van der Waals surface area contributed by atoms with Gasteiger partial charge in [-0.15, -0.1) is 0 Å². The monoisotopic (exact) mass is 612 g/mol. The van der Waals surface area contributed by atoms with Gasteiger partial charge in [0.05, 0.1) is 33.0 Å². The summed E-state index contributed by atoms with van der Waals surface area (Å²) in [5, 5.41) is 52.5. The molecule has 2 aliphatic rings. The Morgan fingerprint density at radius 2 is 1.07 bits per heavy atom. The molecule has 0 aromatic heterocycles. The van der Waals surface area contributed by atoms with Crippen LogP contribution in [-0.4, -0.2) is 100 Å². The van der Waals surface area contributed by atoms with Crippen LogP contribution in [0.4, 0.5) is 0 Å². The Morgan fingerprint density at radius 1 is 0.545 bits per heavy atom. The maximum absolute atomic E-state index is 11.2. The maximum Gasteiger partial charge on any atom is 0.187 e. The zero-order valence-corrected chi connectivity index (χ0v) is 24.2. The topological polar surface area (TPSA) is 157 Å². The molecule has 2 aliphatic heterocycles. The summed E-state index contributed by atoms with van der Waals surface area (Å²) in [5.41, 5.74) is 2.65. The zero-order valence-electron chi connectivity index (χ0n) is 24.2. The largest absolute Gasteiger partial charge is 0.394 e. The van der Waals surface area contributed by atoms with Crippen molar-refractivity contribution >= 4 is 0 Å². The number of hydrogen-bond acceptors (Lipinski definition) is 11. The molecule has 0 radical (unpaired) electrons. The van der Waals surface area contributed by atoms with Gasteiger partial charge in [0.2, 0.25) is 0 Å². The van der Waals surface area contributed by atoms with Gasteiger partial charge in [0, 0.05) is 0 Å². The van der Waals surface area contributed by atoms with E-state index in [1.165, 1.54) is 0 Å². The molecule has 0 aliphatic carbocycles. The van der Waals surface area contributed by atoms with Crippen LogP contribution in [0.15, 0.2) is 91.0 Å². The second kappa shape index (κ2) is 16.0. The number of hydrogen-bond donors (Lipinski definition) is 5. The highest BCUT2D eigenvalue weighted by Gasteiger charge is 2.52. The Balaban J connectivity index is 1.41. The van der Waals surface area contributed by atoms with E-state index in [0.29, 0.717) is 0 Å². The van der Waals surface area contributed by atoms with Crippen molar-refractivity contribution in [1.82, 2.24) is 0 Å². The summed E-state index contributed by atoms with van der Waals surface area (Å²) in [7, 11) is 0. The van der Waals surface area contributed by atoms with Gasteiger partial charge < -0.3 is 54.0 Å². The minimum absolute atomic E-state index is 0.0371. The Bertz CT molecular complexity index is 1230. The molecule has 3 aromatic carbocycles. The van der Waals surface area contributed by atoms with Crippen LogP contribution in [0.25, 0.3) is 0 Å². The van der Waals surface area contributed by atoms with Crippen molar-refractivity contribution in [2.45, 2.75) is 81.2 Å². The summed E-state index contributed by atoms with van der Waals surface area (Å²) < 4.78 is 36.5. The smallest absolute Gasteiger partial charge is 0.187 e. The van der Waals surface area contributed by atoms with Crippen LogP contribution in [0.1, 0.15) is 16.7 Å². The van der Waals surface area contributed by atoms with E-state index in [9.17, 15) is 25.5 Å². The fourth-order valence-electron chi connectivity index (χ4n) is 5.30. The average Bonchev–Trinajstić information content (AvgIpc) is 3.06. The molecular weight excluding hydrogens is 572 g/mol. The minimum Gasteiger partial charge on any atom is -0.394 e. The molecule has 0 unspecified atom stereocenters. The molecule has 0 saturated carbocycles. The summed E-state index contributed by atoms with van der Waals surface area (Å²) in [6, 6.07) is 28.4. The molecule has 5 N–H and O–H groups in total. The fourth-order valence-corrected chi connectivity index (χ4v) is 5.30. The zero-order chi connectivity index (χ0) is 30.9. The molecule has 238 valence electrons. The van der Waals surface area contributed by atoms with E-state index in [0.717, 1.165) is 16.7 Å². The van der Waals surface area contributed by atoms with Crippen molar-refractivity contribution in [2.24, 2.45) is 0 Å². The van der Waals surface area contributed by atoms with Crippen molar-refractivity contribution in [2.75, 3.05) is 13.2 Å². The summed E-state index contributed by atoms with van der Waals surface area (Å²) in [6.07, 6.45) is -13.0. The van der Waals surface area contributed by atoms with Crippen LogP contribution in [0.3, 0.4) is 0 Å². The van der Waals surface area contributed by atoms with Crippen LogP contribution in [0, 0.1) is 0 Å². The first-order valence-corrected chi connectivity index (χ1v) is 14.7. The number of benzene rings is 3. The van der Waals surface area contributed by atoms with Crippen LogP contribution >= 0.6 is 0 Å². The minimum atomic E-state index is -1.66. The highest BCUT2D eigenvalue weighted by atomic mass is 16.7. The van der Waals surface area contributed by atoms with Gasteiger partial charge in [0.25, 0.3) is 0 Å². The lowest BCUT2D eigenvalue weighted by molar-refractivity contribution is -0.364. The van der Waals surface area contributed by atoms with E-state index < -0.39 is 68.0 Å². The van der Waals surface area contributed by atoms with Crippen molar-refractivity contribution in [3.63, 3.8) is 0 Å². The van der Waals surface area contributed by atoms with E-state index in [2.05, 4.69) is 0 Å². The van der Waals surface area contributed by atoms with Crippen LogP contribution in [0.5, 0.6) is 0 Å².